The van der Waals surface area contributed by atoms with E-state index in [0.29, 0.717) is 17.2 Å². The molecule has 1 heterocycles. The monoisotopic (exact) mass is 420 g/mol. The number of carbonyl (C=O) groups is 2. The molecular formula is C22H23F3N2O3. The molecular weight excluding hydrogens is 397 g/mol. The van der Waals surface area contributed by atoms with Gasteiger partial charge in [-0.3, -0.25) is 9.59 Å². The van der Waals surface area contributed by atoms with Crippen LogP contribution in [0, 0.1) is 5.92 Å². The minimum atomic E-state index is -4.75. The highest BCUT2D eigenvalue weighted by Crippen LogP contribution is 2.25. The molecule has 0 aliphatic carbocycles. The van der Waals surface area contributed by atoms with Crippen molar-refractivity contribution >= 4 is 17.5 Å². The van der Waals surface area contributed by atoms with Crippen molar-refractivity contribution in [3.8, 4) is 5.75 Å². The number of likely N-dealkylation sites (tertiary alicyclic amines) is 1. The smallest absolute Gasteiger partial charge is 0.406 e. The van der Waals surface area contributed by atoms with E-state index in [9.17, 15) is 22.8 Å². The highest BCUT2D eigenvalue weighted by molar-refractivity contribution is 5.97. The Morgan fingerprint density at radius 3 is 2.33 bits per heavy atom. The standard InChI is InChI=1S/C22H23F3N2O3/c1-14(2)16-5-7-18(8-6-16)26-21(29)17-11-20(28)27(13-17)12-15-3-9-19(10-4-15)30-22(23,24)25/h3-10,14,17H,11-13H2,1-2H3,(H,26,29)/t17-/m0/s1. The van der Waals surface area contributed by atoms with Crippen LogP contribution in [0.15, 0.2) is 48.5 Å². The van der Waals surface area contributed by atoms with Gasteiger partial charge < -0.3 is 15.0 Å². The van der Waals surface area contributed by atoms with E-state index in [-0.39, 0.29) is 37.1 Å². The molecule has 30 heavy (non-hydrogen) atoms. The van der Waals surface area contributed by atoms with Gasteiger partial charge in [0.15, 0.2) is 0 Å². The van der Waals surface area contributed by atoms with E-state index in [1.807, 2.05) is 24.3 Å². The number of nitrogens with zero attached hydrogens (tertiary/aromatic N) is 1. The largest absolute Gasteiger partial charge is 0.573 e. The van der Waals surface area contributed by atoms with E-state index in [4.69, 9.17) is 0 Å². The lowest BCUT2D eigenvalue weighted by molar-refractivity contribution is -0.274. The third-order valence-corrected chi connectivity index (χ3v) is 4.96. The predicted molar refractivity (Wildman–Crippen MR) is 106 cm³/mol. The third kappa shape index (κ3) is 5.75. The number of ether oxygens (including phenoxy) is 1. The van der Waals surface area contributed by atoms with Gasteiger partial charge in [0, 0.05) is 25.2 Å². The number of benzene rings is 2. The van der Waals surface area contributed by atoms with E-state index in [1.54, 1.807) is 0 Å². The highest BCUT2D eigenvalue weighted by atomic mass is 19.4. The van der Waals surface area contributed by atoms with Crippen LogP contribution in [0.4, 0.5) is 18.9 Å². The Balaban J connectivity index is 1.56. The zero-order valence-corrected chi connectivity index (χ0v) is 16.7. The van der Waals surface area contributed by atoms with Gasteiger partial charge in [-0.05, 0) is 41.3 Å². The van der Waals surface area contributed by atoms with E-state index >= 15 is 0 Å². The zero-order chi connectivity index (χ0) is 21.9. The summed E-state index contributed by atoms with van der Waals surface area (Å²) in [7, 11) is 0. The number of anilines is 1. The fourth-order valence-electron chi connectivity index (χ4n) is 3.31. The normalized spacial score (nSPS) is 16.8. The van der Waals surface area contributed by atoms with Crippen LogP contribution in [0.5, 0.6) is 5.75 Å². The van der Waals surface area contributed by atoms with Gasteiger partial charge in [-0.15, -0.1) is 13.2 Å². The van der Waals surface area contributed by atoms with E-state index in [2.05, 4.69) is 23.9 Å². The molecule has 0 radical (unpaired) electrons. The van der Waals surface area contributed by atoms with Gasteiger partial charge in [-0.25, -0.2) is 0 Å². The summed E-state index contributed by atoms with van der Waals surface area (Å²) in [5, 5.41) is 2.84. The molecule has 5 nitrogen and oxygen atoms in total. The first-order chi connectivity index (χ1) is 14.1. The molecule has 2 amide bonds. The molecule has 0 bridgehead atoms. The zero-order valence-electron chi connectivity index (χ0n) is 16.7. The van der Waals surface area contributed by atoms with Crippen LogP contribution in [-0.2, 0) is 16.1 Å². The molecule has 8 heteroatoms. The average Bonchev–Trinajstić information content (AvgIpc) is 3.03. The molecule has 1 aliphatic rings. The second kappa shape index (κ2) is 8.77. The van der Waals surface area contributed by atoms with Gasteiger partial charge in [0.2, 0.25) is 11.8 Å². The van der Waals surface area contributed by atoms with Gasteiger partial charge >= 0.3 is 6.36 Å². The number of halogens is 3. The lowest BCUT2D eigenvalue weighted by Crippen LogP contribution is -2.28. The molecule has 2 aromatic rings. The Hall–Kier alpha value is -3.03. The first-order valence-corrected chi connectivity index (χ1v) is 9.64. The molecule has 1 atom stereocenters. The molecule has 1 N–H and O–H groups in total. The summed E-state index contributed by atoms with van der Waals surface area (Å²) in [6.45, 7) is 4.65. The van der Waals surface area contributed by atoms with Crippen LogP contribution in [-0.4, -0.2) is 29.6 Å². The van der Waals surface area contributed by atoms with Crippen molar-refractivity contribution in [1.29, 1.82) is 0 Å². The van der Waals surface area contributed by atoms with E-state index in [0.717, 1.165) is 0 Å². The molecule has 0 spiro atoms. The van der Waals surface area contributed by atoms with Crippen molar-refractivity contribution < 1.29 is 27.5 Å². The minimum absolute atomic E-state index is 0.102. The van der Waals surface area contributed by atoms with Crippen molar-refractivity contribution in [2.75, 3.05) is 11.9 Å². The Morgan fingerprint density at radius 2 is 1.77 bits per heavy atom. The van der Waals surface area contributed by atoms with Gasteiger partial charge in [0.05, 0.1) is 5.92 Å². The first kappa shape index (κ1) is 21.7. The molecule has 3 rings (SSSR count). The van der Waals surface area contributed by atoms with Gasteiger partial charge in [-0.2, -0.15) is 0 Å². The summed E-state index contributed by atoms with van der Waals surface area (Å²) in [5.41, 5.74) is 2.50. The van der Waals surface area contributed by atoms with Crippen LogP contribution in [0.2, 0.25) is 0 Å². The number of hydrogen-bond donors (Lipinski definition) is 1. The van der Waals surface area contributed by atoms with E-state index in [1.165, 1.54) is 34.7 Å². The molecule has 1 fully saturated rings. The first-order valence-electron chi connectivity index (χ1n) is 9.64. The molecule has 2 aromatic carbocycles. The summed E-state index contributed by atoms with van der Waals surface area (Å²) in [6.07, 6.45) is -4.65. The Bertz CT molecular complexity index is 893. The maximum atomic E-state index is 12.5. The SMILES string of the molecule is CC(C)c1ccc(NC(=O)[C@H]2CC(=O)N(Cc3ccc(OC(F)(F)F)cc3)C2)cc1. The van der Waals surface area contributed by atoms with Crippen LogP contribution < -0.4 is 10.1 Å². The van der Waals surface area contributed by atoms with Gasteiger partial charge in [0.25, 0.3) is 0 Å². The second-order valence-electron chi connectivity index (χ2n) is 7.63. The predicted octanol–water partition coefficient (Wildman–Crippen LogP) is 4.70. The molecule has 160 valence electrons. The van der Waals surface area contributed by atoms with Crippen molar-refractivity contribution in [1.82, 2.24) is 4.90 Å². The van der Waals surface area contributed by atoms with Gasteiger partial charge in [0.1, 0.15) is 5.75 Å². The molecule has 0 saturated carbocycles. The molecule has 0 unspecified atom stereocenters. The molecule has 1 saturated heterocycles. The number of nitrogens with one attached hydrogen (secondary N) is 1. The van der Waals surface area contributed by atoms with Crippen molar-refractivity contribution in [3.05, 3.63) is 59.7 Å². The maximum Gasteiger partial charge on any atom is 0.573 e. The summed E-state index contributed by atoms with van der Waals surface area (Å²) in [4.78, 5) is 26.4. The van der Waals surface area contributed by atoms with Crippen LogP contribution in [0.1, 0.15) is 37.3 Å². The summed E-state index contributed by atoms with van der Waals surface area (Å²) < 4.78 is 40.6. The van der Waals surface area contributed by atoms with E-state index < -0.39 is 12.3 Å². The number of amides is 2. The lowest BCUT2D eigenvalue weighted by Gasteiger charge is -2.17. The third-order valence-electron chi connectivity index (χ3n) is 4.96. The number of rotatable bonds is 6. The fourth-order valence-corrected chi connectivity index (χ4v) is 3.31. The summed E-state index contributed by atoms with van der Waals surface area (Å²) >= 11 is 0. The quantitative estimate of drug-likeness (QED) is 0.737. The maximum absolute atomic E-state index is 12.5. The van der Waals surface area contributed by atoms with Crippen LogP contribution in [0.3, 0.4) is 0 Å². The van der Waals surface area contributed by atoms with Gasteiger partial charge in [-0.1, -0.05) is 38.1 Å². The number of hydrogen-bond acceptors (Lipinski definition) is 3. The highest BCUT2D eigenvalue weighted by Gasteiger charge is 2.34. The fraction of sp³-hybridized carbons (Fsp3) is 0.364. The topological polar surface area (TPSA) is 58.6 Å². The van der Waals surface area contributed by atoms with Crippen LogP contribution >= 0.6 is 0 Å². The second-order valence-corrected chi connectivity index (χ2v) is 7.63. The van der Waals surface area contributed by atoms with Crippen molar-refractivity contribution in [3.63, 3.8) is 0 Å². The Morgan fingerprint density at radius 1 is 1.13 bits per heavy atom. The number of carbonyl (C=O) groups excluding carboxylic acids is 2. The van der Waals surface area contributed by atoms with Crippen molar-refractivity contribution in [2.45, 2.75) is 39.1 Å². The summed E-state index contributed by atoms with van der Waals surface area (Å²) in [6, 6.07) is 12.9. The lowest BCUT2D eigenvalue weighted by atomic mass is 10.0. The van der Waals surface area contributed by atoms with Crippen LogP contribution in [0.25, 0.3) is 0 Å². The summed E-state index contributed by atoms with van der Waals surface area (Å²) in [5.74, 6) is -0.794. The molecule has 1 aliphatic heterocycles. The molecule has 0 aromatic heterocycles. The van der Waals surface area contributed by atoms with Crippen molar-refractivity contribution in [2.24, 2.45) is 5.92 Å². The number of alkyl halides is 3. The Kier molecular flexibility index (Phi) is 6.34. The Labute approximate surface area is 172 Å². The average molecular weight is 420 g/mol. The minimum Gasteiger partial charge on any atom is -0.406 e.